The van der Waals surface area contributed by atoms with Gasteiger partial charge in [-0.05, 0) is 27.6 Å². The summed E-state index contributed by atoms with van der Waals surface area (Å²) in [6.45, 7) is 0.0897. The fourth-order valence-electron chi connectivity index (χ4n) is 0.976. The zero-order chi connectivity index (χ0) is 10.7. The summed E-state index contributed by atoms with van der Waals surface area (Å²) in [5.74, 6) is 0. The summed E-state index contributed by atoms with van der Waals surface area (Å²) in [5.41, 5.74) is 5.11. The second-order valence-electron chi connectivity index (χ2n) is 2.54. The summed E-state index contributed by atoms with van der Waals surface area (Å²) in [6.07, 6.45) is -2.42. The van der Waals surface area contributed by atoms with Gasteiger partial charge in [0.2, 0.25) is 0 Å². The average Bonchev–Trinajstić information content (AvgIpc) is 2.16. The molecule has 6 heteroatoms. The van der Waals surface area contributed by atoms with Crippen LogP contribution in [0.15, 0.2) is 10.7 Å². The molecule has 0 saturated heterocycles. The number of hydrogen-bond acceptors (Lipinski definition) is 3. The van der Waals surface area contributed by atoms with Gasteiger partial charge in [-0.15, -0.1) is 0 Å². The number of carbonyl (C=O) groups excluding carboxylic acids is 1. The highest BCUT2D eigenvalue weighted by atomic mass is 79.9. The van der Waals surface area contributed by atoms with Crippen molar-refractivity contribution in [3.8, 4) is 0 Å². The molecule has 2 N–H and O–H groups in total. The third-order valence-electron chi connectivity index (χ3n) is 1.68. The molecular weight excluding hydrogens is 258 g/mol. The van der Waals surface area contributed by atoms with Crippen LogP contribution in [0.1, 0.15) is 28.0 Å². The van der Waals surface area contributed by atoms with Crippen LogP contribution in [0.2, 0.25) is 0 Å². The van der Waals surface area contributed by atoms with Gasteiger partial charge in [0.25, 0.3) is 6.43 Å². The predicted molar refractivity (Wildman–Crippen MR) is 50.2 cm³/mol. The highest BCUT2D eigenvalue weighted by Gasteiger charge is 2.16. The van der Waals surface area contributed by atoms with Crippen molar-refractivity contribution in [2.45, 2.75) is 13.0 Å². The lowest BCUT2D eigenvalue weighted by Crippen LogP contribution is -2.05. The van der Waals surface area contributed by atoms with Crippen molar-refractivity contribution in [1.29, 1.82) is 0 Å². The van der Waals surface area contributed by atoms with Crippen molar-refractivity contribution in [3.63, 3.8) is 0 Å². The molecule has 1 rings (SSSR count). The van der Waals surface area contributed by atoms with Crippen molar-refractivity contribution in [2.75, 3.05) is 0 Å². The van der Waals surface area contributed by atoms with Crippen molar-refractivity contribution >= 4 is 22.2 Å². The maximum Gasteiger partial charge on any atom is 0.266 e. The summed E-state index contributed by atoms with van der Waals surface area (Å²) in [5, 5.41) is 0. The van der Waals surface area contributed by atoms with E-state index in [0.29, 0.717) is 16.5 Å². The Labute approximate surface area is 87.4 Å². The molecule has 0 aliphatic heterocycles. The number of rotatable bonds is 3. The van der Waals surface area contributed by atoms with Crippen LogP contribution in [-0.2, 0) is 6.54 Å². The van der Waals surface area contributed by atoms with Crippen LogP contribution in [0.5, 0.6) is 0 Å². The zero-order valence-corrected chi connectivity index (χ0v) is 8.59. The Hall–Kier alpha value is -0.880. The number of halogens is 3. The Morgan fingerprint density at radius 3 is 2.71 bits per heavy atom. The second-order valence-corrected chi connectivity index (χ2v) is 3.29. The number of aromatic nitrogens is 1. The van der Waals surface area contributed by atoms with E-state index in [9.17, 15) is 13.6 Å². The molecule has 0 atom stereocenters. The molecule has 3 nitrogen and oxygen atoms in total. The highest BCUT2D eigenvalue weighted by Crippen LogP contribution is 2.25. The standard InChI is InChI=1S/C8H7BrF2N2O/c9-7-4(2-12)1-5(8(10)11)6(3-14)13-7/h1,3,8H,2,12H2. The molecular formula is C8H7BrF2N2O. The third-order valence-corrected chi connectivity index (χ3v) is 2.36. The average molecular weight is 265 g/mol. The number of nitrogens with two attached hydrogens (primary N) is 1. The fourth-order valence-corrected chi connectivity index (χ4v) is 1.44. The Balaban J connectivity index is 3.32. The van der Waals surface area contributed by atoms with Gasteiger partial charge in [0.15, 0.2) is 6.29 Å². The van der Waals surface area contributed by atoms with Crippen molar-refractivity contribution in [1.82, 2.24) is 4.98 Å². The third kappa shape index (κ3) is 2.13. The summed E-state index contributed by atoms with van der Waals surface area (Å²) in [6, 6.07) is 1.19. The van der Waals surface area contributed by atoms with Gasteiger partial charge in [0.1, 0.15) is 10.3 Å². The molecule has 0 fully saturated rings. The van der Waals surface area contributed by atoms with E-state index in [1.54, 1.807) is 0 Å². The lowest BCUT2D eigenvalue weighted by atomic mass is 10.1. The Bertz CT molecular complexity index is 357. The Morgan fingerprint density at radius 2 is 2.29 bits per heavy atom. The summed E-state index contributed by atoms with van der Waals surface area (Å²) in [7, 11) is 0. The number of alkyl halides is 2. The van der Waals surface area contributed by atoms with Crippen LogP contribution in [0.4, 0.5) is 8.78 Å². The minimum absolute atomic E-state index is 0.0897. The first kappa shape index (κ1) is 11.2. The van der Waals surface area contributed by atoms with E-state index in [-0.39, 0.29) is 17.8 Å². The number of pyridine rings is 1. The predicted octanol–water partition coefficient (Wildman–Crippen LogP) is 2.05. The minimum atomic E-state index is -2.72. The molecule has 14 heavy (non-hydrogen) atoms. The van der Waals surface area contributed by atoms with Gasteiger partial charge >= 0.3 is 0 Å². The van der Waals surface area contributed by atoms with Gasteiger partial charge < -0.3 is 5.73 Å². The van der Waals surface area contributed by atoms with Crippen molar-refractivity contribution < 1.29 is 13.6 Å². The molecule has 0 radical (unpaired) electrons. The van der Waals surface area contributed by atoms with Crippen LogP contribution < -0.4 is 5.73 Å². The second kappa shape index (κ2) is 4.56. The van der Waals surface area contributed by atoms with E-state index in [0.717, 1.165) is 0 Å². The normalized spacial score (nSPS) is 10.6. The molecule has 0 unspecified atom stereocenters. The van der Waals surface area contributed by atoms with Crippen LogP contribution in [0.3, 0.4) is 0 Å². The lowest BCUT2D eigenvalue weighted by molar-refractivity contribution is 0.110. The molecule has 0 aromatic carbocycles. The van der Waals surface area contributed by atoms with E-state index < -0.39 is 6.43 Å². The van der Waals surface area contributed by atoms with E-state index in [2.05, 4.69) is 20.9 Å². The number of hydrogen-bond donors (Lipinski definition) is 1. The van der Waals surface area contributed by atoms with Gasteiger partial charge in [0, 0.05) is 12.1 Å². The molecule has 0 saturated carbocycles. The molecule has 76 valence electrons. The quantitative estimate of drug-likeness (QED) is 0.672. The SMILES string of the molecule is NCc1cc(C(F)F)c(C=O)nc1Br. The molecule has 1 aromatic rings. The van der Waals surface area contributed by atoms with Gasteiger partial charge in [-0.25, -0.2) is 13.8 Å². The molecule has 0 bridgehead atoms. The summed E-state index contributed by atoms with van der Waals surface area (Å²) in [4.78, 5) is 14.1. The highest BCUT2D eigenvalue weighted by molar-refractivity contribution is 9.10. The smallest absolute Gasteiger partial charge is 0.266 e. The molecule has 0 aliphatic rings. The molecule has 1 aromatic heterocycles. The van der Waals surface area contributed by atoms with Crippen LogP contribution in [0.25, 0.3) is 0 Å². The van der Waals surface area contributed by atoms with E-state index in [4.69, 9.17) is 5.73 Å². The topological polar surface area (TPSA) is 56.0 Å². The van der Waals surface area contributed by atoms with Crippen molar-refractivity contribution in [3.05, 3.63) is 27.5 Å². The maximum absolute atomic E-state index is 12.4. The maximum atomic E-state index is 12.4. The zero-order valence-electron chi connectivity index (χ0n) is 7.01. The summed E-state index contributed by atoms with van der Waals surface area (Å²) < 4.78 is 25.1. The molecule has 0 spiro atoms. The fraction of sp³-hybridized carbons (Fsp3) is 0.250. The largest absolute Gasteiger partial charge is 0.326 e. The molecule has 0 aliphatic carbocycles. The minimum Gasteiger partial charge on any atom is -0.326 e. The van der Waals surface area contributed by atoms with E-state index >= 15 is 0 Å². The molecule has 1 heterocycles. The van der Waals surface area contributed by atoms with Gasteiger partial charge in [-0.2, -0.15) is 0 Å². The number of carbonyl (C=O) groups is 1. The first-order chi connectivity index (χ1) is 6.60. The van der Waals surface area contributed by atoms with E-state index in [1.165, 1.54) is 6.07 Å². The monoisotopic (exact) mass is 264 g/mol. The van der Waals surface area contributed by atoms with E-state index in [1.807, 2.05) is 0 Å². The lowest BCUT2D eigenvalue weighted by Gasteiger charge is -2.07. The first-order valence-electron chi connectivity index (χ1n) is 3.72. The Kier molecular flexibility index (Phi) is 3.65. The Morgan fingerprint density at radius 1 is 1.64 bits per heavy atom. The molecule has 0 amide bonds. The first-order valence-corrected chi connectivity index (χ1v) is 4.52. The van der Waals surface area contributed by atoms with Crippen LogP contribution in [-0.4, -0.2) is 11.3 Å². The number of aldehydes is 1. The summed E-state index contributed by atoms with van der Waals surface area (Å²) >= 11 is 3.04. The van der Waals surface area contributed by atoms with Gasteiger partial charge in [0.05, 0.1) is 0 Å². The van der Waals surface area contributed by atoms with Crippen LogP contribution >= 0.6 is 15.9 Å². The van der Waals surface area contributed by atoms with Gasteiger partial charge in [-0.1, -0.05) is 0 Å². The van der Waals surface area contributed by atoms with Gasteiger partial charge in [-0.3, -0.25) is 4.79 Å². The van der Waals surface area contributed by atoms with Crippen LogP contribution in [0, 0.1) is 0 Å². The number of nitrogens with zero attached hydrogens (tertiary/aromatic N) is 1. The van der Waals surface area contributed by atoms with Crippen molar-refractivity contribution in [2.24, 2.45) is 5.73 Å².